The van der Waals surface area contributed by atoms with Crippen molar-refractivity contribution in [2.24, 2.45) is 5.73 Å². The van der Waals surface area contributed by atoms with Gasteiger partial charge in [-0.3, -0.25) is 4.79 Å². The van der Waals surface area contributed by atoms with Gasteiger partial charge in [0, 0.05) is 31.8 Å². The second-order valence-corrected chi connectivity index (χ2v) is 5.13. The zero-order chi connectivity index (χ0) is 13.5. The van der Waals surface area contributed by atoms with Crippen molar-refractivity contribution in [1.29, 1.82) is 0 Å². The summed E-state index contributed by atoms with van der Waals surface area (Å²) in [4.78, 5) is 13.6. The van der Waals surface area contributed by atoms with Gasteiger partial charge in [-0.1, -0.05) is 28.1 Å². The summed E-state index contributed by atoms with van der Waals surface area (Å²) < 4.78 is 5.92. The Morgan fingerprint density at radius 2 is 2.28 bits per heavy atom. The van der Waals surface area contributed by atoms with E-state index < -0.39 is 6.04 Å². The summed E-state index contributed by atoms with van der Waals surface area (Å²) in [5, 5.41) is 0. The monoisotopic (exact) mass is 314 g/mol. The molecule has 0 aliphatic rings. The normalized spacial score (nSPS) is 12.2. The van der Waals surface area contributed by atoms with Crippen LogP contribution >= 0.6 is 15.9 Å². The van der Waals surface area contributed by atoms with E-state index in [0.717, 1.165) is 10.0 Å². The standard InChI is InChI=1S/C13H19BrN2O2/c1-16(13(17)12(15)6-7-18-2)9-10-4-3-5-11(14)8-10/h3-5,8,12H,6-7,9,15H2,1-2H3. The van der Waals surface area contributed by atoms with Gasteiger partial charge in [0.05, 0.1) is 6.04 Å². The Kier molecular flexibility index (Phi) is 6.32. The Hall–Kier alpha value is -0.910. The maximum absolute atomic E-state index is 12.0. The van der Waals surface area contributed by atoms with E-state index in [-0.39, 0.29) is 5.91 Å². The second-order valence-electron chi connectivity index (χ2n) is 4.21. The molecule has 18 heavy (non-hydrogen) atoms. The predicted octanol–water partition coefficient (Wildman–Crippen LogP) is 1.77. The van der Waals surface area contributed by atoms with Crippen molar-refractivity contribution in [1.82, 2.24) is 4.90 Å². The van der Waals surface area contributed by atoms with E-state index in [9.17, 15) is 4.79 Å². The summed E-state index contributed by atoms with van der Waals surface area (Å²) in [6.45, 7) is 1.05. The molecule has 0 saturated carbocycles. The number of carbonyl (C=O) groups is 1. The summed E-state index contributed by atoms with van der Waals surface area (Å²) in [5.41, 5.74) is 6.88. The van der Waals surface area contributed by atoms with Gasteiger partial charge in [-0.25, -0.2) is 0 Å². The molecular formula is C13H19BrN2O2. The molecule has 100 valence electrons. The Bertz CT molecular complexity index is 398. The van der Waals surface area contributed by atoms with E-state index in [0.29, 0.717) is 19.6 Å². The fraction of sp³-hybridized carbons (Fsp3) is 0.462. The molecule has 0 aliphatic heterocycles. The van der Waals surface area contributed by atoms with Gasteiger partial charge in [-0.05, 0) is 24.1 Å². The first kappa shape index (κ1) is 15.1. The lowest BCUT2D eigenvalue weighted by molar-refractivity contribution is -0.132. The van der Waals surface area contributed by atoms with Crippen LogP contribution in [0.5, 0.6) is 0 Å². The van der Waals surface area contributed by atoms with E-state index in [1.54, 1.807) is 19.1 Å². The van der Waals surface area contributed by atoms with Crippen molar-refractivity contribution in [2.45, 2.75) is 19.0 Å². The molecule has 2 N–H and O–H groups in total. The van der Waals surface area contributed by atoms with E-state index in [4.69, 9.17) is 10.5 Å². The lowest BCUT2D eigenvalue weighted by atomic mass is 10.1. The summed E-state index contributed by atoms with van der Waals surface area (Å²) in [5.74, 6) is -0.0629. The molecule has 0 fully saturated rings. The first-order chi connectivity index (χ1) is 8.54. The molecule has 0 heterocycles. The Labute approximate surface area is 116 Å². The smallest absolute Gasteiger partial charge is 0.239 e. The zero-order valence-electron chi connectivity index (χ0n) is 10.7. The average Bonchev–Trinajstić information content (AvgIpc) is 2.35. The molecular weight excluding hydrogens is 296 g/mol. The fourth-order valence-electron chi connectivity index (χ4n) is 1.64. The quantitative estimate of drug-likeness (QED) is 0.870. The highest BCUT2D eigenvalue weighted by Crippen LogP contribution is 2.13. The molecule has 0 aromatic heterocycles. The number of nitrogens with two attached hydrogens (primary N) is 1. The molecule has 5 heteroatoms. The van der Waals surface area contributed by atoms with E-state index in [1.807, 2.05) is 24.3 Å². The highest BCUT2D eigenvalue weighted by Gasteiger charge is 2.17. The van der Waals surface area contributed by atoms with Gasteiger partial charge in [-0.2, -0.15) is 0 Å². The van der Waals surface area contributed by atoms with Gasteiger partial charge in [0.25, 0.3) is 0 Å². The van der Waals surface area contributed by atoms with Crippen molar-refractivity contribution >= 4 is 21.8 Å². The minimum atomic E-state index is -0.498. The van der Waals surface area contributed by atoms with Crippen LogP contribution in [0, 0.1) is 0 Å². The van der Waals surface area contributed by atoms with Crippen molar-refractivity contribution in [2.75, 3.05) is 20.8 Å². The molecule has 1 aromatic rings. The SMILES string of the molecule is COCCC(N)C(=O)N(C)Cc1cccc(Br)c1. The summed E-state index contributed by atoms with van der Waals surface area (Å²) in [7, 11) is 3.36. The number of benzene rings is 1. The number of nitrogens with zero attached hydrogens (tertiary/aromatic N) is 1. The summed E-state index contributed by atoms with van der Waals surface area (Å²) in [6, 6.07) is 7.37. The first-order valence-corrected chi connectivity index (χ1v) is 6.58. The predicted molar refractivity (Wildman–Crippen MR) is 75.1 cm³/mol. The molecule has 1 atom stereocenters. The van der Waals surface area contributed by atoms with Crippen molar-refractivity contribution < 1.29 is 9.53 Å². The maximum Gasteiger partial charge on any atom is 0.239 e. The van der Waals surface area contributed by atoms with Crippen molar-refractivity contribution in [3.8, 4) is 0 Å². The third kappa shape index (κ3) is 4.76. The van der Waals surface area contributed by atoms with Crippen molar-refractivity contribution in [3.63, 3.8) is 0 Å². The lowest BCUT2D eigenvalue weighted by Crippen LogP contribution is -2.42. The van der Waals surface area contributed by atoms with Crippen molar-refractivity contribution in [3.05, 3.63) is 34.3 Å². The lowest BCUT2D eigenvalue weighted by Gasteiger charge is -2.21. The fourth-order valence-corrected chi connectivity index (χ4v) is 2.09. The molecule has 4 nitrogen and oxygen atoms in total. The molecule has 0 spiro atoms. The molecule has 1 unspecified atom stereocenters. The molecule has 1 rings (SSSR count). The zero-order valence-corrected chi connectivity index (χ0v) is 12.3. The van der Waals surface area contributed by atoms with Gasteiger partial charge in [0.2, 0.25) is 5.91 Å². The van der Waals surface area contributed by atoms with Gasteiger partial charge < -0.3 is 15.4 Å². The molecule has 0 radical (unpaired) electrons. The van der Waals surface area contributed by atoms with E-state index in [2.05, 4.69) is 15.9 Å². The molecule has 0 bridgehead atoms. The minimum absolute atomic E-state index is 0.0629. The Balaban J connectivity index is 2.54. The number of hydrogen-bond donors (Lipinski definition) is 1. The van der Waals surface area contributed by atoms with Gasteiger partial charge in [0.1, 0.15) is 0 Å². The van der Waals surface area contributed by atoms with E-state index in [1.165, 1.54) is 0 Å². The van der Waals surface area contributed by atoms with Gasteiger partial charge >= 0.3 is 0 Å². The molecule has 1 amide bonds. The van der Waals surface area contributed by atoms with Crippen LogP contribution in [-0.4, -0.2) is 37.6 Å². The number of carbonyl (C=O) groups excluding carboxylic acids is 1. The average molecular weight is 315 g/mol. The Morgan fingerprint density at radius 3 is 2.89 bits per heavy atom. The summed E-state index contributed by atoms with van der Waals surface area (Å²) >= 11 is 3.41. The van der Waals surface area contributed by atoms with Crippen LogP contribution < -0.4 is 5.73 Å². The third-order valence-corrected chi connectivity index (χ3v) is 3.13. The molecule has 0 saturated heterocycles. The molecule has 0 aliphatic carbocycles. The van der Waals surface area contributed by atoms with Crippen LogP contribution in [0.15, 0.2) is 28.7 Å². The third-order valence-electron chi connectivity index (χ3n) is 2.64. The maximum atomic E-state index is 12.0. The van der Waals surface area contributed by atoms with Crippen LogP contribution in [0.2, 0.25) is 0 Å². The minimum Gasteiger partial charge on any atom is -0.385 e. The Morgan fingerprint density at radius 1 is 1.56 bits per heavy atom. The van der Waals surface area contributed by atoms with Crippen LogP contribution in [0.3, 0.4) is 0 Å². The van der Waals surface area contributed by atoms with Crippen LogP contribution in [0.1, 0.15) is 12.0 Å². The highest BCUT2D eigenvalue weighted by molar-refractivity contribution is 9.10. The number of methoxy groups -OCH3 is 1. The second kappa shape index (κ2) is 7.51. The van der Waals surface area contributed by atoms with Crippen LogP contribution in [0.4, 0.5) is 0 Å². The topological polar surface area (TPSA) is 55.6 Å². The van der Waals surface area contributed by atoms with Gasteiger partial charge in [0.15, 0.2) is 0 Å². The number of rotatable bonds is 6. The van der Waals surface area contributed by atoms with Crippen LogP contribution in [0.25, 0.3) is 0 Å². The number of hydrogen-bond acceptors (Lipinski definition) is 3. The van der Waals surface area contributed by atoms with E-state index >= 15 is 0 Å². The number of amides is 1. The highest BCUT2D eigenvalue weighted by atomic mass is 79.9. The molecule has 1 aromatic carbocycles. The number of ether oxygens (including phenoxy) is 1. The first-order valence-electron chi connectivity index (χ1n) is 5.78. The largest absolute Gasteiger partial charge is 0.385 e. The summed E-state index contributed by atoms with van der Waals surface area (Å²) in [6.07, 6.45) is 0.540. The number of halogens is 1. The van der Waals surface area contributed by atoms with Gasteiger partial charge in [-0.15, -0.1) is 0 Å². The number of likely N-dealkylation sites (N-methyl/N-ethyl adjacent to an activating group) is 1. The van der Waals surface area contributed by atoms with Crippen LogP contribution in [-0.2, 0) is 16.1 Å².